The minimum absolute atomic E-state index is 0.150. The highest BCUT2D eigenvalue weighted by atomic mass is 79.9. The quantitative estimate of drug-likeness (QED) is 0.817. The molecule has 1 aliphatic rings. The number of hydrogen-bond acceptors (Lipinski definition) is 3. The van der Waals surface area contributed by atoms with Gasteiger partial charge in [-0.05, 0) is 25.1 Å². The van der Waals surface area contributed by atoms with Gasteiger partial charge in [-0.3, -0.25) is 0 Å². The molecule has 0 amide bonds. The molecule has 3 rings (SSSR count). The monoisotopic (exact) mass is 366 g/mol. The van der Waals surface area contributed by atoms with E-state index in [0.717, 1.165) is 9.87 Å². The lowest BCUT2D eigenvalue weighted by Crippen LogP contribution is -2.43. The molecule has 2 aromatic heterocycles. The Morgan fingerprint density at radius 1 is 1.38 bits per heavy atom. The normalized spacial score (nSPS) is 26.0. The Labute approximate surface area is 132 Å². The molecule has 0 saturated heterocycles. The van der Waals surface area contributed by atoms with Gasteiger partial charge in [0.05, 0.1) is 0 Å². The predicted molar refractivity (Wildman–Crippen MR) is 87.8 cm³/mol. The molecule has 0 aliphatic heterocycles. The molecule has 0 radical (unpaired) electrons. The minimum Gasteiger partial charge on any atom is -0.237 e. The van der Waals surface area contributed by atoms with E-state index in [1.807, 2.05) is 19.1 Å². The second-order valence-electron chi connectivity index (χ2n) is 5.39. The van der Waals surface area contributed by atoms with Crippen LogP contribution in [0.25, 0.3) is 11.0 Å². The Morgan fingerprint density at radius 2 is 2.14 bits per heavy atom. The Morgan fingerprint density at radius 3 is 2.86 bits per heavy atom. The van der Waals surface area contributed by atoms with E-state index in [9.17, 15) is 8.42 Å². The van der Waals surface area contributed by atoms with E-state index < -0.39 is 14.8 Å². The molecule has 0 aromatic carbocycles. The van der Waals surface area contributed by atoms with Crippen LogP contribution >= 0.6 is 15.9 Å². The molecule has 0 saturated carbocycles. The summed E-state index contributed by atoms with van der Waals surface area (Å²) in [6.45, 7) is 3.65. The van der Waals surface area contributed by atoms with Gasteiger partial charge in [0.15, 0.2) is 5.65 Å². The average molecular weight is 367 g/mol. The molecule has 2 aromatic rings. The first-order chi connectivity index (χ1) is 9.86. The predicted octanol–water partition coefficient (Wildman–Crippen LogP) is 3.46. The average Bonchev–Trinajstić information content (AvgIpc) is 2.87. The first-order valence-corrected chi connectivity index (χ1v) is 8.83. The molecular formula is C15H15BrN2O2S. The summed E-state index contributed by atoms with van der Waals surface area (Å²) in [5.74, 6) is -0.150. The van der Waals surface area contributed by atoms with Gasteiger partial charge in [0.2, 0.25) is 10.0 Å². The van der Waals surface area contributed by atoms with Crippen LogP contribution in [0.1, 0.15) is 13.8 Å². The maximum absolute atomic E-state index is 13.1. The third-order valence-electron chi connectivity index (χ3n) is 4.12. The largest absolute Gasteiger partial charge is 0.249 e. The summed E-state index contributed by atoms with van der Waals surface area (Å²) in [5, 5.41) is 0.814. The molecule has 21 heavy (non-hydrogen) atoms. The van der Waals surface area contributed by atoms with Crippen LogP contribution in [0.4, 0.5) is 0 Å². The van der Waals surface area contributed by atoms with E-state index in [4.69, 9.17) is 0 Å². The molecule has 1 aliphatic carbocycles. The fourth-order valence-electron chi connectivity index (χ4n) is 2.53. The number of nitrogens with zero attached hydrogens (tertiary/aromatic N) is 2. The molecule has 6 heteroatoms. The van der Waals surface area contributed by atoms with Crippen molar-refractivity contribution in [3.8, 4) is 0 Å². The number of rotatable bonds is 2. The molecule has 0 spiro atoms. The summed E-state index contributed by atoms with van der Waals surface area (Å²) >= 11 is 3.40. The van der Waals surface area contributed by atoms with E-state index in [1.54, 1.807) is 43.6 Å². The van der Waals surface area contributed by atoms with Crippen molar-refractivity contribution >= 4 is 37.0 Å². The second-order valence-corrected chi connectivity index (χ2v) is 8.53. The molecule has 110 valence electrons. The van der Waals surface area contributed by atoms with Crippen LogP contribution in [0.2, 0.25) is 0 Å². The van der Waals surface area contributed by atoms with E-state index in [2.05, 4.69) is 20.9 Å². The number of pyridine rings is 1. The van der Waals surface area contributed by atoms with Gasteiger partial charge in [-0.25, -0.2) is 17.4 Å². The topological polar surface area (TPSA) is 52.0 Å². The van der Waals surface area contributed by atoms with Gasteiger partial charge < -0.3 is 0 Å². The Balaban J connectivity index is 2.20. The zero-order valence-electron chi connectivity index (χ0n) is 11.7. The molecule has 2 heterocycles. The van der Waals surface area contributed by atoms with Crippen molar-refractivity contribution in [2.24, 2.45) is 5.92 Å². The molecule has 0 bridgehead atoms. The zero-order chi connectivity index (χ0) is 15.3. The Kier molecular flexibility index (Phi) is 3.33. The van der Waals surface area contributed by atoms with Gasteiger partial charge in [0, 0.05) is 28.2 Å². The van der Waals surface area contributed by atoms with E-state index in [-0.39, 0.29) is 5.92 Å². The second kappa shape index (κ2) is 4.81. The van der Waals surface area contributed by atoms with Crippen molar-refractivity contribution in [3.63, 3.8) is 0 Å². The lowest BCUT2D eigenvalue weighted by atomic mass is 9.91. The van der Waals surface area contributed by atoms with Crippen molar-refractivity contribution in [3.05, 3.63) is 53.3 Å². The molecular weight excluding hydrogens is 352 g/mol. The lowest BCUT2D eigenvalue weighted by Gasteiger charge is -2.33. The van der Waals surface area contributed by atoms with E-state index in [1.165, 1.54) is 3.97 Å². The Bertz CT molecular complexity index is 867. The van der Waals surface area contributed by atoms with Crippen LogP contribution in [0.5, 0.6) is 0 Å². The molecule has 2 atom stereocenters. The highest BCUT2D eigenvalue weighted by Gasteiger charge is 2.44. The number of aromatic nitrogens is 2. The van der Waals surface area contributed by atoms with Crippen molar-refractivity contribution in [1.29, 1.82) is 0 Å². The lowest BCUT2D eigenvalue weighted by molar-refractivity contribution is 0.507. The maximum Gasteiger partial charge on any atom is 0.249 e. The van der Waals surface area contributed by atoms with Crippen molar-refractivity contribution in [2.45, 2.75) is 18.6 Å². The third kappa shape index (κ3) is 2.08. The van der Waals surface area contributed by atoms with Crippen molar-refractivity contribution < 1.29 is 8.42 Å². The van der Waals surface area contributed by atoms with Gasteiger partial charge in [-0.15, -0.1) is 0 Å². The number of fused-ring (bicyclic) bond motifs is 1. The molecule has 0 fully saturated rings. The van der Waals surface area contributed by atoms with Crippen LogP contribution in [0.15, 0.2) is 53.3 Å². The summed E-state index contributed by atoms with van der Waals surface area (Å²) in [7, 11) is -3.62. The van der Waals surface area contributed by atoms with Crippen LogP contribution in [-0.2, 0) is 10.0 Å². The number of allylic oxidation sites excluding steroid dienone is 3. The van der Waals surface area contributed by atoms with Crippen molar-refractivity contribution in [2.75, 3.05) is 0 Å². The van der Waals surface area contributed by atoms with Gasteiger partial charge in [0.1, 0.15) is 4.75 Å². The van der Waals surface area contributed by atoms with E-state index in [0.29, 0.717) is 5.65 Å². The molecule has 2 unspecified atom stereocenters. The summed E-state index contributed by atoms with van der Waals surface area (Å²) in [4.78, 5) is 4.21. The number of hydrogen-bond donors (Lipinski definition) is 0. The number of halogens is 1. The SMILES string of the molecule is CC1C=C(Br)C=CC1(C)S(=O)(=O)n1ccc2cccnc21. The third-order valence-corrected chi connectivity index (χ3v) is 7.08. The molecule has 0 N–H and O–H groups in total. The van der Waals surface area contributed by atoms with Crippen molar-refractivity contribution in [1.82, 2.24) is 8.96 Å². The van der Waals surface area contributed by atoms with Gasteiger partial charge in [-0.2, -0.15) is 0 Å². The van der Waals surface area contributed by atoms with E-state index >= 15 is 0 Å². The fraction of sp³-hybridized carbons (Fsp3) is 0.267. The summed E-state index contributed by atoms with van der Waals surface area (Å²) in [6, 6.07) is 5.42. The summed E-state index contributed by atoms with van der Waals surface area (Å²) in [6.07, 6.45) is 8.62. The first-order valence-electron chi connectivity index (χ1n) is 6.60. The van der Waals surface area contributed by atoms with Gasteiger partial charge >= 0.3 is 0 Å². The van der Waals surface area contributed by atoms with Gasteiger partial charge in [0.25, 0.3) is 0 Å². The van der Waals surface area contributed by atoms with Gasteiger partial charge in [-0.1, -0.05) is 41.1 Å². The summed E-state index contributed by atoms with van der Waals surface area (Å²) in [5.41, 5.74) is 0.466. The zero-order valence-corrected chi connectivity index (χ0v) is 14.1. The maximum atomic E-state index is 13.1. The summed E-state index contributed by atoms with van der Waals surface area (Å²) < 4.78 is 27.4. The Hall–Kier alpha value is -1.40. The highest BCUT2D eigenvalue weighted by Crippen LogP contribution is 2.37. The van der Waals surface area contributed by atoms with Crippen LogP contribution < -0.4 is 0 Å². The highest BCUT2D eigenvalue weighted by molar-refractivity contribution is 9.11. The van der Waals surface area contributed by atoms with Crippen LogP contribution in [0, 0.1) is 5.92 Å². The van der Waals surface area contributed by atoms with Crippen LogP contribution in [-0.4, -0.2) is 22.1 Å². The van der Waals surface area contributed by atoms with Crippen LogP contribution in [0.3, 0.4) is 0 Å². The minimum atomic E-state index is -3.62. The standard InChI is InChI=1S/C15H15BrN2O2S/c1-11-10-13(16)5-7-15(11,2)21(19,20)18-9-6-12-4-3-8-17-14(12)18/h3-11H,1-2H3. The molecule has 4 nitrogen and oxygen atoms in total. The fourth-order valence-corrected chi connectivity index (χ4v) is 4.86. The smallest absolute Gasteiger partial charge is 0.237 e. The first kappa shape index (κ1) is 14.5.